The number of hydrogen-bond donors (Lipinski definition) is 12. The van der Waals surface area contributed by atoms with Gasteiger partial charge in [0.25, 0.3) is 0 Å². The summed E-state index contributed by atoms with van der Waals surface area (Å²) in [6.45, 7) is 1.49. The van der Waals surface area contributed by atoms with Gasteiger partial charge in [-0.25, -0.2) is 0 Å². The number of amides is 1. The molecule has 1 amide bonds. The van der Waals surface area contributed by atoms with Gasteiger partial charge >= 0.3 is 0 Å². The van der Waals surface area contributed by atoms with Crippen LogP contribution in [0.5, 0.6) is 0 Å². The molecule has 0 saturated carbocycles. The molecule has 17 unspecified atom stereocenters. The van der Waals surface area contributed by atoms with Crippen molar-refractivity contribution in [1.82, 2.24) is 5.32 Å². The lowest BCUT2D eigenvalue weighted by Gasteiger charge is -2.48. The molecule has 3 saturated heterocycles. The second-order valence-corrected chi connectivity index (χ2v) is 24.6. The fraction of sp³-hybridized carbons (Fsp3) is 0.628. The number of unbranched alkanes of at least 4 members (excludes halogenated alkanes) is 10. The lowest BCUT2D eigenvalue weighted by molar-refractivity contribution is -0.379. The minimum atomic E-state index is -1.99. The Morgan fingerprint density at radius 2 is 0.722 bits per heavy atom. The number of rotatable bonds is 52. The highest BCUT2D eigenvalue weighted by atomic mass is 16.8. The molecule has 0 aromatic carbocycles. The van der Waals surface area contributed by atoms with Gasteiger partial charge in [-0.1, -0.05) is 216 Å². The van der Waals surface area contributed by atoms with Crippen LogP contribution >= 0.6 is 0 Å². The number of hydrogen-bond acceptors (Lipinski definition) is 18. The zero-order valence-corrected chi connectivity index (χ0v) is 58.0. The van der Waals surface area contributed by atoms with Crippen molar-refractivity contribution in [3.05, 3.63) is 170 Å². The van der Waals surface area contributed by atoms with Crippen LogP contribution in [0.4, 0.5) is 0 Å². The third kappa shape index (κ3) is 38.0. The zero-order chi connectivity index (χ0) is 70.4. The second kappa shape index (κ2) is 56.9. The van der Waals surface area contributed by atoms with E-state index in [4.69, 9.17) is 28.4 Å². The summed E-state index contributed by atoms with van der Waals surface area (Å²) < 4.78 is 34.2. The van der Waals surface area contributed by atoms with Crippen LogP contribution in [0.2, 0.25) is 0 Å². The number of carbonyl (C=O) groups is 1. The van der Waals surface area contributed by atoms with Crippen molar-refractivity contribution in [2.75, 3.05) is 26.4 Å². The fourth-order valence-electron chi connectivity index (χ4n) is 10.7. The number of allylic oxidation sites excluding steroid dienone is 27. The van der Waals surface area contributed by atoms with Crippen molar-refractivity contribution in [2.24, 2.45) is 0 Å². The molecule has 3 heterocycles. The molecular weight excluding hydrogens is 1240 g/mol. The summed E-state index contributed by atoms with van der Waals surface area (Å²) in [6.07, 6.45) is 57.7. The molecule has 0 aromatic heterocycles. The van der Waals surface area contributed by atoms with Crippen molar-refractivity contribution >= 4 is 5.91 Å². The van der Waals surface area contributed by atoms with E-state index in [1.807, 2.05) is 6.08 Å². The van der Waals surface area contributed by atoms with Crippen LogP contribution in [0.15, 0.2) is 170 Å². The first-order valence-electron chi connectivity index (χ1n) is 35.9. The summed E-state index contributed by atoms with van der Waals surface area (Å²) in [5.41, 5.74) is 0. The van der Waals surface area contributed by atoms with Gasteiger partial charge in [-0.2, -0.15) is 0 Å². The van der Waals surface area contributed by atoms with Gasteiger partial charge in [0.2, 0.25) is 5.91 Å². The Kier molecular flexibility index (Phi) is 50.6. The van der Waals surface area contributed by atoms with Gasteiger partial charge in [0.05, 0.1) is 38.6 Å². The van der Waals surface area contributed by atoms with Crippen molar-refractivity contribution < 1.29 is 89.4 Å². The molecule has 548 valence electrons. The highest BCUT2D eigenvalue weighted by molar-refractivity contribution is 5.76. The van der Waals surface area contributed by atoms with E-state index in [1.54, 1.807) is 6.08 Å². The van der Waals surface area contributed by atoms with Crippen LogP contribution in [0.25, 0.3) is 0 Å². The van der Waals surface area contributed by atoms with Gasteiger partial charge in [-0.15, -0.1) is 0 Å². The summed E-state index contributed by atoms with van der Waals surface area (Å²) in [5.74, 6) is -0.318. The van der Waals surface area contributed by atoms with Gasteiger partial charge in [0.1, 0.15) is 73.2 Å². The average molecular weight is 1360 g/mol. The molecule has 0 bridgehead atoms. The highest BCUT2D eigenvalue weighted by Crippen LogP contribution is 2.33. The monoisotopic (exact) mass is 1360 g/mol. The molecule has 3 aliphatic heterocycles. The predicted octanol–water partition coefficient (Wildman–Crippen LogP) is 10.3. The van der Waals surface area contributed by atoms with Gasteiger partial charge < -0.3 is 89.9 Å². The third-order valence-electron chi connectivity index (χ3n) is 16.5. The molecular formula is C78H123NO18. The summed E-state index contributed by atoms with van der Waals surface area (Å²) in [4.78, 5) is 13.4. The Bertz CT molecular complexity index is 2420. The number of aliphatic hydroxyl groups excluding tert-OH is 11. The van der Waals surface area contributed by atoms with Crippen molar-refractivity contribution in [1.29, 1.82) is 0 Å². The molecule has 19 heteroatoms. The van der Waals surface area contributed by atoms with Crippen LogP contribution in [-0.4, -0.2) is 193 Å². The summed E-state index contributed by atoms with van der Waals surface area (Å²) >= 11 is 0. The minimum absolute atomic E-state index is 0.197. The van der Waals surface area contributed by atoms with Crippen LogP contribution in [0.3, 0.4) is 0 Å². The van der Waals surface area contributed by atoms with Crippen LogP contribution in [-0.2, 0) is 33.2 Å². The highest BCUT2D eigenvalue weighted by Gasteiger charge is 2.53. The molecule has 3 rings (SSSR count). The van der Waals surface area contributed by atoms with Crippen molar-refractivity contribution in [3.63, 3.8) is 0 Å². The fourth-order valence-corrected chi connectivity index (χ4v) is 10.7. The molecule has 0 aromatic rings. The Balaban J connectivity index is 1.37. The Hall–Kier alpha value is -4.85. The number of nitrogens with one attached hydrogen (secondary N) is 1. The van der Waals surface area contributed by atoms with Crippen LogP contribution in [0, 0.1) is 0 Å². The summed E-state index contributed by atoms with van der Waals surface area (Å²) in [7, 11) is 0. The number of carbonyl (C=O) groups excluding carboxylic acids is 1. The topological polar surface area (TPSA) is 307 Å². The predicted molar refractivity (Wildman–Crippen MR) is 382 cm³/mol. The lowest BCUT2D eigenvalue weighted by Crippen LogP contribution is -2.66. The first-order valence-corrected chi connectivity index (χ1v) is 35.9. The number of ether oxygens (including phenoxy) is 6. The van der Waals surface area contributed by atoms with E-state index in [2.05, 4.69) is 177 Å². The maximum atomic E-state index is 13.4. The molecule has 3 fully saturated rings. The summed E-state index contributed by atoms with van der Waals surface area (Å²) in [5, 5.41) is 120. The van der Waals surface area contributed by atoms with Crippen LogP contribution < -0.4 is 5.32 Å². The molecule has 17 atom stereocenters. The minimum Gasteiger partial charge on any atom is -0.394 e. The SMILES string of the molecule is CC/C=C\C/C=C\C/C=C\C/C=C\C/C=C\C/C=C\C/C=C\C/C=C\C/C=C\C/C=C\C/C=C\CCCCCCCC(=O)NC(COC1OC(CO)C(OC2OC(CO)C(OC3OC(CO)C(O)C(O)C3O)C(O)C2O)C(O)C1O)C(O)/C=C/CC/C=C/CC/C=C/CCCCC. The maximum absolute atomic E-state index is 13.4. The van der Waals surface area contributed by atoms with Crippen LogP contribution in [0.1, 0.15) is 181 Å². The molecule has 0 aliphatic carbocycles. The first-order chi connectivity index (χ1) is 47.3. The van der Waals surface area contributed by atoms with E-state index in [1.165, 1.54) is 19.3 Å². The van der Waals surface area contributed by atoms with E-state index in [0.29, 0.717) is 12.8 Å². The van der Waals surface area contributed by atoms with Gasteiger partial charge in [0, 0.05) is 6.42 Å². The normalized spacial score (nSPS) is 27.9. The van der Waals surface area contributed by atoms with Gasteiger partial charge in [-0.3, -0.25) is 4.79 Å². The van der Waals surface area contributed by atoms with E-state index in [9.17, 15) is 61.0 Å². The Morgan fingerprint density at radius 1 is 0.381 bits per heavy atom. The average Bonchev–Trinajstić information content (AvgIpc) is 0.809. The van der Waals surface area contributed by atoms with Gasteiger partial charge in [0.15, 0.2) is 18.9 Å². The Morgan fingerprint density at radius 3 is 1.15 bits per heavy atom. The molecule has 3 aliphatic rings. The van der Waals surface area contributed by atoms with E-state index in [0.717, 1.165) is 128 Å². The first kappa shape index (κ1) is 86.4. The maximum Gasteiger partial charge on any atom is 0.220 e. The second-order valence-electron chi connectivity index (χ2n) is 24.6. The smallest absolute Gasteiger partial charge is 0.220 e. The van der Waals surface area contributed by atoms with E-state index in [-0.39, 0.29) is 12.3 Å². The van der Waals surface area contributed by atoms with E-state index >= 15 is 0 Å². The standard InChI is InChI=1S/C78H123NO18/c1-3-5-7-9-11-13-15-17-18-19-20-21-22-23-24-25-26-27-28-29-30-31-32-33-34-35-36-37-38-39-40-41-42-44-46-48-50-52-54-56-66(84)79-61(62(83)55-53-51-49-47-45-43-16-14-12-10-8-6-4-2)60-92-76-72(90)69(87)74(64(58-81)94-76)97-78-73(91)70(88)75(65(59-82)95-78)96-77-71(89)68(86)67(85)63(57-80)93-77/h5,7,11-14,17-18,20-21,23-24,26-27,29-30,32-33,35-36,38-39,41-42,45,47,53,55,61-65,67-78,80-83,85-91H,3-4,6,8-10,15-16,19,22,25,28,31,34,37,40,43-44,46,48-52,54,56-60H2,1-2H3,(H,79,84)/b7-5-,13-11-,14-12+,18-17-,21-20-,24-23-,27-26-,30-29-,33-32-,36-35-,39-38-,42-41-,47-45+,55-53+. The van der Waals surface area contributed by atoms with Crippen molar-refractivity contribution in [2.45, 2.75) is 285 Å². The third-order valence-corrected chi connectivity index (χ3v) is 16.5. The molecule has 97 heavy (non-hydrogen) atoms. The van der Waals surface area contributed by atoms with E-state index < -0.39 is 131 Å². The lowest BCUT2D eigenvalue weighted by atomic mass is 9.96. The summed E-state index contributed by atoms with van der Waals surface area (Å²) in [6, 6.07) is -1.02. The largest absolute Gasteiger partial charge is 0.394 e. The quantitative estimate of drug-likeness (QED) is 0.0199. The molecule has 12 N–H and O–H groups in total. The molecule has 0 radical (unpaired) electrons. The van der Waals surface area contributed by atoms with Gasteiger partial charge in [-0.05, 0) is 128 Å². The molecule has 0 spiro atoms. The Labute approximate surface area is 579 Å². The molecule has 19 nitrogen and oxygen atoms in total. The van der Waals surface area contributed by atoms with Crippen molar-refractivity contribution in [3.8, 4) is 0 Å². The number of aliphatic hydroxyl groups is 11. The zero-order valence-electron chi connectivity index (χ0n) is 58.0.